The van der Waals surface area contributed by atoms with Gasteiger partial charge >= 0.3 is 0 Å². The zero-order valence-electron chi connectivity index (χ0n) is 10.3. The zero-order chi connectivity index (χ0) is 13.2. The van der Waals surface area contributed by atoms with E-state index in [0.29, 0.717) is 10.2 Å². The summed E-state index contributed by atoms with van der Waals surface area (Å²) in [6.45, 7) is 7.35. The van der Waals surface area contributed by atoms with Crippen molar-refractivity contribution in [3.8, 4) is 0 Å². The summed E-state index contributed by atoms with van der Waals surface area (Å²) in [6, 6.07) is 4.62. The van der Waals surface area contributed by atoms with Crippen LogP contribution in [0.3, 0.4) is 0 Å². The van der Waals surface area contributed by atoms with Crippen LogP contribution in [0.1, 0.15) is 33.3 Å². The predicted molar refractivity (Wildman–Crippen MR) is 74.2 cm³/mol. The average Bonchev–Trinajstić information content (AvgIpc) is 2.20. The van der Waals surface area contributed by atoms with Crippen molar-refractivity contribution in [1.82, 2.24) is 0 Å². The minimum atomic E-state index is -1.30. The lowest BCUT2D eigenvalue weighted by Crippen LogP contribution is -2.26. The Hall–Kier alpha value is -0.390. The molecule has 0 bridgehead atoms. The highest BCUT2D eigenvalue weighted by atomic mass is 79.9. The van der Waals surface area contributed by atoms with E-state index >= 15 is 0 Å². The number of hydrogen-bond donors (Lipinski definition) is 0. The second-order valence-corrected chi connectivity index (χ2v) is 7.43. The van der Waals surface area contributed by atoms with E-state index in [-0.39, 0.29) is 5.82 Å². The van der Waals surface area contributed by atoms with Crippen LogP contribution in [0, 0.1) is 5.82 Å². The predicted octanol–water partition coefficient (Wildman–Crippen LogP) is 3.86. The fourth-order valence-corrected chi connectivity index (χ4v) is 2.04. The summed E-state index contributed by atoms with van der Waals surface area (Å²) in [5.41, 5.74) is 1.40. The summed E-state index contributed by atoms with van der Waals surface area (Å²) in [7, 11) is 0. The fourth-order valence-electron chi connectivity index (χ4n) is 1.04. The van der Waals surface area contributed by atoms with E-state index in [2.05, 4.69) is 20.3 Å². The van der Waals surface area contributed by atoms with Gasteiger partial charge in [-0.15, -0.1) is 0 Å². The van der Waals surface area contributed by atoms with Crippen LogP contribution >= 0.6 is 15.9 Å². The average molecular weight is 320 g/mol. The van der Waals surface area contributed by atoms with E-state index in [1.54, 1.807) is 19.1 Å². The molecule has 1 aromatic rings. The van der Waals surface area contributed by atoms with Crippen molar-refractivity contribution in [2.75, 3.05) is 0 Å². The van der Waals surface area contributed by atoms with Crippen LogP contribution in [0.25, 0.3) is 0 Å². The molecule has 0 aromatic heterocycles. The monoisotopic (exact) mass is 319 g/mol. The summed E-state index contributed by atoms with van der Waals surface area (Å²) in [6.07, 6.45) is 0. The maximum absolute atomic E-state index is 13.1. The highest BCUT2D eigenvalue weighted by Gasteiger charge is 2.26. The molecule has 0 aliphatic rings. The number of rotatable bonds is 2. The second-order valence-electron chi connectivity index (χ2n) is 4.67. The lowest BCUT2D eigenvalue weighted by atomic mass is 10.1. The van der Waals surface area contributed by atoms with E-state index in [0.717, 1.165) is 5.56 Å². The SMILES string of the molecule is C/C(=N/[S+]([O-])C(C)(C)C)c1ccc(F)c(Br)c1. The first kappa shape index (κ1) is 14.7. The molecular weight excluding hydrogens is 305 g/mol. The van der Waals surface area contributed by atoms with Crippen LogP contribution in [-0.4, -0.2) is 15.0 Å². The van der Waals surface area contributed by atoms with Gasteiger partial charge in [-0.1, -0.05) is 10.5 Å². The topological polar surface area (TPSA) is 35.4 Å². The van der Waals surface area contributed by atoms with Gasteiger partial charge in [-0.3, -0.25) is 0 Å². The molecule has 1 atom stereocenters. The van der Waals surface area contributed by atoms with Crippen molar-refractivity contribution >= 4 is 33.0 Å². The third-order valence-electron chi connectivity index (χ3n) is 2.08. The molecule has 1 rings (SSSR count). The van der Waals surface area contributed by atoms with E-state index in [1.165, 1.54) is 6.07 Å². The van der Waals surface area contributed by atoms with Crippen molar-refractivity contribution < 1.29 is 8.94 Å². The van der Waals surface area contributed by atoms with E-state index in [9.17, 15) is 8.94 Å². The Morgan fingerprint density at radius 3 is 2.47 bits per heavy atom. The van der Waals surface area contributed by atoms with Gasteiger partial charge in [0.1, 0.15) is 21.9 Å². The van der Waals surface area contributed by atoms with Gasteiger partial charge in [0.2, 0.25) is 0 Å². The molecule has 0 amide bonds. The van der Waals surface area contributed by atoms with Gasteiger partial charge in [0.15, 0.2) is 0 Å². The van der Waals surface area contributed by atoms with Crippen molar-refractivity contribution in [2.45, 2.75) is 32.4 Å². The van der Waals surface area contributed by atoms with Crippen LogP contribution in [0.2, 0.25) is 0 Å². The molecule has 17 heavy (non-hydrogen) atoms. The number of nitrogens with zero attached hydrogens (tertiary/aromatic N) is 1. The molecule has 0 aliphatic heterocycles. The lowest BCUT2D eigenvalue weighted by molar-refractivity contribution is 0.561. The van der Waals surface area contributed by atoms with Crippen LogP contribution in [-0.2, 0) is 11.4 Å². The fraction of sp³-hybridized carbons (Fsp3) is 0.417. The smallest absolute Gasteiger partial charge is 0.144 e. The Morgan fingerprint density at radius 2 is 2.00 bits per heavy atom. The Morgan fingerprint density at radius 1 is 1.41 bits per heavy atom. The first-order chi connectivity index (χ1) is 7.71. The maximum Gasteiger partial charge on any atom is 0.144 e. The van der Waals surface area contributed by atoms with Crippen LogP contribution in [0.5, 0.6) is 0 Å². The molecule has 0 aliphatic carbocycles. The molecule has 0 saturated carbocycles. The molecule has 0 saturated heterocycles. The van der Waals surface area contributed by atoms with Crippen LogP contribution in [0.15, 0.2) is 27.1 Å². The molecule has 0 radical (unpaired) electrons. The van der Waals surface area contributed by atoms with Gasteiger partial charge in [0.25, 0.3) is 0 Å². The van der Waals surface area contributed by atoms with Crippen molar-refractivity contribution in [3.63, 3.8) is 0 Å². The first-order valence-corrected chi connectivity index (χ1v) is 7.04. The Balaban J connectivity index is 3.00. The molecule has 0 fully saturated rings. The lowest BCUT2D eigenvalue weighted by Gasteiger charge is -2.18. The molecule has 1 aromatic carbocycles. The third-order valence-corrected chi connectivity index (χ3v) is 4.18. The minimum Gasteiger partial charge on any atom is -0.591 e. The molecule has 0 spiro atoms. The van der Waals surface area contributed by atoms with Crippen LogP contribution in [0.4, 0.5) is 4.39 Å². The zero-order valence-corrected chi connectivity index (χ0v) is 12.7. The minimum absolute atomic E-state index is 0.321. The molecular formula is C12H15BrFNOS. The Bertz CT molecular complexity index is 443. The summed E-state index contributed by atoms with van der Waals surface area (Å²) < 4.78 is 29.0. The molecule has 94 valence electrons. The first-order valence-electron chi connectivity index (χ1n) is 5.14. The number of benzene rings is 1. The largest absolute Gasteiger partial charge is 0.591 e. The highest BCUT2D eigenvalue weighted by molar-refractivity contribution is 9.10. The van der Waals surface area contributed by atoms with Crippen molar-refractivity contribution in [3.05, 3.63) is 34.1 Å². The number of hydrogen-bond acceptors (Lipinski definition) is 2. The van der Waals surface area contributed by atoms with Gasteiger partial charge in [-0.2, -0.15) is 0 Å². The molecule has 5 heteroatoms. The van der Waals surface area contributed by atoms with Crippen molar-refractivity contribution in [2.24, 2.45) is 4.40 Å². The standard InChI is InChI=1S/C12H15BrFNOS/c1-8(15-17(16)12(2,3)4)9-5-6-11(14)10(13)7-9/h5-7H,1-4H3/b15-8-. The molecule has 1 unspecified atom stereocenters. The third kappa shape index (κ3) is 4.08. The summed E-state index contributed by atoms with van der Waals surface area (Å²) in [5.74, 6) is -0.321. The molecule has 2 nitrogen and oxygen atoms in total. The normalized spacial score (nSPS) is 14.9. The Kier molecular flexibility index (Phi) is 4.75. The van der Waals surface area contributed by atoms with Gasteiger partial charge < -0.3 is 4.55 Å². The van der Waals surface area contributed by atoms with E-state index < -0.39 is 16.1 Å². The summed E-state index contributed by atoms with van der Waals surface area (Å²) >= 11 is 1.81. The van der Waals surface area contributed by atoms with Gasteiger partial charge in [0, 0.05) is 5.56 Å². The van der Waals surface area contributed by atoms with E-state index in [1.807, 2.05) is 20.8 Å². The quantitative estimate of drug-likeness (QED) is 0.602. The summed E-state index contributed by atoms with van der Waals surface area (Å²) in [5, 5.41) is 0. The van der Waals surface area contributed by atoms with Gasteiger partial charge in [0.05, 0.1) is 10.2 Å². The summed E-state index contributed by atoms with van der Waals surface area (Å²) in [4.78, 5) is 0. The van der Waals surface area contributed by atoms with E-state index in [4.69, 9.17) is 0 Å². The maximum atomic E-state index is 13.1. The molecule has 0 N–H and O–H groups in total. The molecule has 0 heterocycles. The highest BCUT2D eigenvalue weighted by Crippen LogP contribution is 2.20. The van der Waals surface area contributed by atoms with Gasteiger partial charge in [-0.25, -0.2) is 4.39 Å². The number of halogens is 2. The van der Waals surface area contributed by atoms with Crippen LogP contribution < -0.4 is 0 Å². The van der Waals surface area contributed by atoms with Crippen molar-refractivity contribution in [1.29, 1.82) is 0 Å². The second kappa shape index (κ2) is 5.50. The Labute approximate surface area is 113 Å². The van der Waals surface area contributed by atoms with Gasteiger partial charge in [-0.05, 0) is 55.8 Å².